The van der Waals surface area contributed by atoms with Gasteiger partial charge in [0, 0.05) is 22.4 Å². The Hall–Kier alpha value is -4.33. The van der Waals surface area contributed by atoms with Gasteiger partial charge < -0.3 is 15.4 Å². The van der Waals surface area contributed by atoms with Crippen LogP contribution in [-0.2, 0) is 9.53 Å². The van der Waals surface area contributed by atoms with Gasteiger partial charge in [-0.25, -0.2) is 4.39 Å². The lowest BCUT2D eigenvalue weighted by molar-refractivity contribution is -0.139. The second kappa shape index (κ2) is 10.1. The molecule has 0 saturated heterocycles. The number of nitrogens with one attached hydrogen (secondary N) is 2. The fourth-order valence-corrected chi connectivity index (χ4v) is 2.87. The molecular formula is C24H19FN2O5. The zero-order chi connectivity index (χ0) is 23.1. The van der Waals surface area contributed by atoms with Gasteiger partial charge in [0.15, 0.2) is 5.78 Å². The minimum absolute atomic E-state index is 0.154. The summed E-state index contributed by atoms with van der Waals surface area (Å²) in [7, 11) is 1.22. The first kappa shape index (κ1) is 22.4. The average molecular weight is 434 g/mol. The SMILES string of the molecule is COC(=O)CNC(=O)c1ccc(NC(=O)c2ccccc2C(=O)c2ccc(F)cc2)cc1. The van der Waals surface area contributed by atoms with Gasteiger partial charge in [-0.1, -0.05) is 18.2 Å². The molecule has 3 rings (SSSR count). The van der Waals surface area contributed by atoms with Crippen LogP contribution in [0.2, 0.25) is 0 Å². The summed E-state index contributed by atoms with van der Waals surface area (Å²) in [5.41, 5.74) is 1.29. The van der Waals surface area contributed by atoms with Gasteiger partial charge in [-0.15, -0.1) is 0 Å². The van der Waals surface area contributed by atoms with Crippen LogP contribution in [0.4, 0.5) is 10.1 Å². The fourth-order valence-electron chi connectivity index (χ4n) is 2.87. The van der Waals surface area contributed by atoms with Crippen LogP contribution in [0.5, 0.6) is 0 Å². The van der Waals surface area contributed by atoms with E-state index in [-0.39, 0.29) is 23.2 Å². The topological polar surface area (TPSA) is 102 Å². The lowest BCUT2D eigenvalue weighted by atomic mass is 9.98. The standard InChI is InChI=1S/C24H19FN2O5/c1-32-21(28)14-26-23(30)16-8-12-18(13-9-16)27-24(31)20-5-3-2-4-19(20)22(29)15-6-10-17(25)11-7-15/h2-13H,14H2,1H3,(H,26,30)(H,27,31). The summed E-state index contributed by atoms with van der Waals surface area (Å²) >= 11 is 0. The number of benzene rings is 3. The van der Waals surface area contributed by atoms with Crippen molar-refractivity contribution in [1.82, 2.24) is 5.32 Å². The number of carbonyl (C=O) groups excluding carboxylic acids is 4. The number of methoxy groups -OCH3 is 1. The Kier molecular flexibility index (Phi) is 7.07. The van der Waals surface area contributed by atoms with E-state index in [9.17, 15) is 23.6 Å². The molecule has 0 saturated carbocycles. The summed E-state index contributed by atoms with van der Waals surface area (Å²) in [5.74, 6) is -2.43. The second-order valence-electron chi connectivity index (χ2n) is 6.67. The van der Waals surface area contributed by atoms with Crippen molar-refractivity contribution < 1.29 is 28.3 Å². The van der Waals surface area contributed by atoms with E-state index in [1.807, 2.05) is 0 Å². The van der Waals surface area contributed by atoms with E-state index in [2.05, 4.69) is 15.4 Å². The van der Waals surface area contributed by atoms with Crippen molar-refractivity contribution in [3.05, 3.63) is 101 Å². The van der Waals surface area contributed by atoms with Crippen LogP contribution >= 0.6 is 0 Å². The minimum atomic E-state index is -0.573. The summed E-state index contributed by atoms with van der Waals surface area (Å²) in [4.78, 5) is 48.7. The van der Waals surface area contributed by atoms with Gasteiger partial charge in [0.25, 0.3) is 11.8 Å². The molecule has 7 nitrogen and oxygen atoms in total. The average Bonchev–Trinajstić information content (AvgIpc) is 2.82. The molecule has 3 aromatic rings. The van der Waals surface area contributed by atoms with Gasteiger partial charge >= 0.3 is 5.97 Å². The summed E-state index contributed by atoms with van der Waals surface area (Å²) in [6.45, 7) is -0.257. The zero-order valence-electron chi connectivity index (χ0n) is 17.1. The molecule has 0 aliphatic heterocycles. The molecule has 162 valence electrons. The van der Waals surface area contributed by atoms with E-state index in [0.717, 1.165) is 0 Å². The Labute approximate surface area is 183 Å². The van der Waals surface area contributed by atoms with E-state index >= 15 is 0 Å². The van der Waals surface area contributed by atoms with Crippen molar-refractivity contribution in [1.29, 1.82) is 0 Å². The lowest BCUT2D eigenvalue weighted by Crippen LogP contribution is -2.30. The van der Waals surface area contributed by atoms with Crippen LogP contribution in [0.25, 0.3) is 0 Å². The van der Waals surface area contributed by atoms with E-state index in [1.165, 1.54) is 67.8 Å². The molecule has 0 radical (unpaired) electrons. The van der Waals surface area contributed by atoms with Crippen LogP contribution in [0.15, 0.2) is 72.8 Å². The Bertz CT molecular complexity index is 1160. The molecule has 8 heteroatoms. The number of anilines is 1. The Morgan fingerprint density at radius 2 is 1.38 bits per heavy atom. The Morgan fingerprint density at radius 1 is 0.781 bits per heavy atom. The molecule has 0 spiro atoms. The van der Waals surface area contributed by atoms with Gasteiger partial charge in [-0.05, 0) is 54.6 Å². The van der Waals surface area contributed by atoms with Crippen molar-refractivity contribution in [2.45, 2.75) is 0 Å². The van der Waals surface area contributed by atoms with E-state index in [4.69, 9.17) is 0 Å². The highest BCUT2D eigenvalue weighted by atomic mass is 19.1. The number of halogens is 1. The van der Waals surface area contributed by atoms with Crippen molar-refractivity contribution >= 4 is 29.3 Å². The van der Waals surface area contributed by atoms with Gasteiger partial charge in [-0.2, -0.15) is 0 Å². The van der Waals surface area contributed by atoms with Gasteiger partial charge in [0.2, 0.25) is 0 Å². The first-order valence-electron chi connectivity index (χ1n) is 9.55. The maximum absolute atomic E-state index is 13.2. The molecule has 0 unspecified atom stereocenters. The van der Waals surface area contributed by atoms with E-state index in [0.29, 0.717) is 11.3 Å². The number of rotatable bonds is 7. The number of amides is 2. The van der Waals surface area contributed by atoms with Crippen LogP contribution in [-0.4, -0.2) is 37.2 Å². The molecule has 0 atom stereocenters. The predicted octanol–water partition coefficient (Wildman–Crippen LogP) is 3.21. The third-order valence-corrected chi connectivity index (χ3v) is 4.55. The molecule has 0 aromatic heterocycles. The van der Waals surface area contributed by atoms with Crippen molar-refractivity contribution in [3.63, 3.8) is 0 Å². The van der Waals surface area contributed by atoms with E-state index in [1.54, 1.807) is 12.1 Å². The molecule has 2 amide bonds. The summed E-state index contributed by atoms with van der Waals surface area (Å²) in [6, 6.07) is 17.4. The normalized spacial score (nSPS) is 10.2. The van der Waals surface area contributed by atoms with Crippen LogP contribution < -0.4 is 10.6 Å². The number of ether oxygens (including phenoxy) is 1. The van der Waals surface area contributed by atoms with E-state index < -0.39 is 29.4 Å². The van der Waals surface area contributed by atoms with Gasteiger partial charge in [0.05, 0.1) is 12.7 Å². The summed E-state index contributed by atoms with van der Waals surface area (Å²) in [5, 5.41) is 5.10. The molecule has 0 fully saturated rings. The molecule has 2 N–H and O–H groups in total. The molecule has 0 aliphatic rings. The minimum Gasteiger partial charge on any atom is -0.468 e. The Balaban J connectivity index is 1.72. The number of ketones is 1. The molecule has 3 aromatic carbocycles. The lowest BCUT2D eigenvalue weighted by Gasteiger charge is -2.10. The summed E-state index contributed by atoms with van der Waals surface area (Å²) in [6.07, 6.45) is 0. The third-order valence-electron chi connectivity index (χ3n) is 4.55. The third kappa shape index (κ3) is 5.42. The smallest absolute Gasteiger partial charge is 0.325 e. The number of esters is 1. The quantitative estimate of drug-likeness (QED) is 0.439. The second-order valence-corrected chi connectivity index (χ2v) is 6.67. The molecular weight excluding hydrogens is 415 g/mol. The largest absolute Gasteiger partial charge is 0.468 e. The molecule has 0 heterocycles. The highest BCUT2D eigenvalue weighted by Gasteiger charge is 2.18. The van der Waals surface area contributed by atoms with Crippen molar-refractivity contribution in [2.75, 3.05) is 19.0 Å². The Morgan fingerprint density at radius 3 is 2.00 bits per heavy atom. The zero-order valence-corrected chi connectivity index (χ0v) is 17.1. The van der Waals surface area contributed by atoms with Crippen LogP contribution in [0.1, 0.15) is 36.6 Å². The predicted molar refractivity (Wildman–Crippen MR) is 115 cm³/mol. The molecule has 0 aliphatic carbocycles. The number of hydrogen-bond donors (Lipinski definition) is 2. The van der Waals surface area contributed by atoms with Crippen LogP contribution in [0.3, 0.4) is 0 Å². The summed E-state index contributed by atoms with van der Waals surface area (Å²) < 4.78 is 17.6. The maximum atomic E-state index is 13.2. The monoisotopic (exact) mass is 434 g/mol. The van der Waals surface area contributed by atoms with Crippen LogP contribution in [0, 0.1) is 5.82 Å². The van der Waals surface area contributed by atoms with Crippen molar-refractivity contribution in [3.8, 4) is 0 Å². The molecule has 0 bridgehead atoms. The van der Waals surface area contributed by atoms with Gasteiger partial charge in [0.1, 0.15) is 12.4 Å². The maximum Gasteiger partial charge on any atom is 0.325 e. The number of hydrogen-bond acceptors (Lipinski definition) is 5. The first-order chi connectivity index (χ1) is 15.4. The fraction of sp³-hybridized carbons (Fsp3) is 0.0833. The molecule has 32 heavy (non-hydrogen) atoms. The number of carbonyl (C=O) groups is 4. The van der Waals surface area contributed by atoms with Gasteiger partial charge in [-0.3, -0.25) is 19.2 Å². The highest BCUT2D eigenvalue weighted by Crippen LogP contribution is 2.18. The first-order valence-corrected chi connectivity index (χ1v) is 9.55. The highest BCUT2D eigenvalue weighted by molar-refractivity contribution is 6.17. The van der Waals surface area contributed by atoms with Crippen molar-refractivity contribution in [2.24, 2.45) is 0 Å².